The van der Waals surface area contributed by atoms with Gasteiger partial charge in [0.25, 0.3) is 0 Å². The zero-order valence-corrected chi connectivity index (χ0v) is 12.1. The molecule has 5 nitrogen and oxygen atoms in total. The van der Waals surface area contributed by atoms with Gasteiger partial charge in [-0.15, -0.1) is 0 Å². The average molecular weight is 297 g/mol. The molecule has 2 amide bonds. The zero-order chi connectivity index (χ0) is 14.1. The van der Waals surface area contributed by atoms with E-state index in [0.29, 0.717) is 37.1 Å². The predicted octanol–water partition coefficient (Wildman–Crippen LogP) is 2.53. The minimum Gasteiger partial charge on any atom is -0.491 e. The number of morpholine rings is 1. The van der Waals surface area contributed by atoms with Gasteiger partial charge in [0.2, 0.25) is 0 Å². The second-order valence-electron chi connectivity index (χ2n) is 5.09. The Labute approximate surface area is 122 Å². The third-order valence-corrected chi connectivity index (χ3v) is 3.84. The summed E-state index contributed by atoms with van der Waals surface area (Å²) >= 11 is 6.09. The van der Waals surface area contributed by atoms with Crippen molar-refractivity contribution in [1.82, 2.24) is 4.90 Å². The first-order valence-electron chi connectivity index (χ1n) is 6.76. The van der Waals surface area contributed by atoms with E-state index < -0.39 is 0 Å². The van der Waals surface area contributed by atoms with E-state index in [0.717, 1.165) is 17.7 Å². The highest BCUT2D eigenvalue weighted by atomic mass is 35.5. The summed E-state index contributed by atoms with van der Waals surface area (Å²) in [5.74, 6) is 0.740. The molecule has 2 aliphatic rings. The quantitative estimate of drug-likeness (QED) is 0.866. The third-order valence-electron chi connectivity index (χ3n) is 3.62. The molecule has 1 unspecified atom stereocenters. The van der Waals surface area contributed by atoms with Crippen molar-refractivity contribution in [3.63, 3.8) is 0 Å². The van der Waals surface area contributed by atoms with Gasteiger partial charge in [-0.3, -0.25) is 0 Å². The molecule has 2 heterocycles. The van der Waals surface area contributed by atoms with Gasteiger partial charge in [-0.05, 0) is 19.1 Å². The van der Waals surface area contributed by atoms with Crippen LogP contribution in [-0.4, -0.2) is 43.3 Å². The number of hydrogen-bond donors (Lipinski definition) is 1. The Balaban J connectivity index is 1.79. The zero-order valence-electron chi connectivity index (χ0n) is 11.3. The molecule has 20 heavy (non-hydrogen) atoms. The average Bonchev–Trinajstić information content (AvgIpc) is 2.87. The molecule has 1 saturated heterocycles. The van der Waals surface area contributed by atoms with Crippen molar-refractivity contribution in [2.24, 2.45) is 0 Å². The maximum atomic E-state index is 12.3. The number of urea groups is 1. The number of benzene rings is 1. The summed E-state index contributed by atoms with van der Waals surface area (Å²) in [6, 6.07) is 3.55. The van der Waals surface area contributed by atoms with Crippen molar-refractivity contribution in [1.29, 1.82) is 0 Å². The summed E-state index contributed by atoms with van der Waals surface area (Å²) in [7, 11) is 0. The molecule has 1 fully saturated rings. The summed E-state index contributed by atoms with van der Waals surface area (Å²) in [5, 5.41) is 3.52. The molecule has 6 heteroatoms. The Morgan fingerprint density at radius 1 is 1.45 bits per heavy atom. The number of halogens is 1. The highest BCUT2D eigenvalue weighted by Crippen LogP contribution is 2.36. The molecule has 108 valence electrons. The van der Waals surface area contributed by atoms with Gasteiger partial charge in [-0.1, -0.05) is 11.6 Å². The third kappa shape index (κ3) is 2.55. The monoisotopic (exact) mass is 296 g/mol. The molecule has 1 atom stereocenters. The minimum atomic E-state index is -0.138. The van der Waals surface area contributed by atoms with E-state index in [9.17, 15) is 4.79 Å². The molecule has 3 rings (SSSR count). The molecule has 0 radical (unpaired) electrons. The van der Waals surface area contributed by atoms with Crippen LogP contribution in [0.4, 0.5) is 10.5 Å². The molecular weight excluding hydrogens is 280 g/mol. The van der Waals surface area contributed by atoms with E-state index >= 15 is 0 Å². The minimum absolute atomic E-state index is 0.0666. The lowest BCUT2D eigenvalue weighted by Crippen LogP contribution is -2.48. The molecule has 0 bridgehead atoms. The van der Waals surface area contributed by atoms with Crippen molar-refractivity contribution in [3.05, 3.63) is 22.7 Å². The topological polar surface area (TPSA) is 50.8 Å². The lowest BCUT2D eigenvalue weighted by atomic mass is 10.1. The Morgan fingerprint density at radius 2 is 2.30 bits per heavy atom. The Morgan fingerprint density at radius 3 is 3.10 bits per heavy atom. The number of amides is 2. The van der Waals surface area contributed by atoms with Gasteiger partial charge in [-0.2, -0.15) is 0 Å². The fourth-order valence-electron chi connectivity index (χ4n) is 2.58. The summed E-state index contributed by atoms with van der Waals surface area (Å²) in [5.41, 5.74) is 1.69. The highest BCUT2D eigenvalue weighted by Gasteiger charge is 2.26. The van der Waals surface area contributed by atoms with Crippen LogP contribution in [0.1, 0.15) is 12.5 Å². The normalized spacial score (nSPS) is 21.3. The number of carbonyl (C=O) groups excluding carboxylic acids is 1. The van der Waals surface area contributed by atoms with Crippen molar-refractivity contribution in [2.75, 3.05) is 31.7 Å². The fourth-order valence-corrected chi connectivity index (χ4v) is 2.82. The first kappa shape index (κ1) is 13.5. The predicted molar refractivity (Wildman–Crippen MR) is 76.7 cm³/mol. The maximum Gasteiger partial charge on any atom is 0.322 e. The van der Waals surface area contributed by atoms with Gasteiger partial charge in [0.15, 0.2) is 0 Å². The second kappa shape index (κ2) is 5.50. The maximum absolute atomic E-state index is 12.3. The van der Waals surface area contributed by atoms with Gasteiger partial charge in [-0.25, -0.2) is 4.79 Å². The van der Waals surface area contributed by atoms with Gasteiger partial charge in [0.05, 0.1) is 31.5 Å². The first-order valence-corrected chi connectivity index (χ1v) is 7.13. The number of nitrogens with zero attached hydrogens (tertiary/aromatic N) is 1. The van der Waals surface area contributed by atoms with Crippen LogP contribution in [0.25, 0.3) is 0 Å². The van der Waals surface area contributed by atoms with Gasteiger partial charge in [0, 0.05) is 23.6 Å². The fraction of sp³-hybridized carbons (Fsp3) is 0.500. The number of rotatable bonds is 1. The van der Waals surface area contributed by atoms with Crippen LogP contribution in [-0.2, 0) is 11.2 Å². The molecular formula is C14H17ClN2O3. The molecule has 0 aliphatic carbocycles. The van der Waals surface area contributed by atoms with Gasteiger partial charge in [0.1, 0.15) is 5.75 Å². The number of anilines is 1. The summed E-state index contributed by atoms with van der Waals surface area (Å²) in [6.45, 7) is 4.33. The van der Waals surface area contributed by atoms with Crippen LogP contribution in [0, 0.1) is 0 Å². The van der Waals surface area contributed by atoms with Gasteiger partial charge < -0.3 is 19.7 Å². The van der Waals surface area contributed by atoms with Crippen LogP contribution in [0.15, 0.2) is 12.1 Å². The number of nitrogens with one attached hydrogen (secondary N) is 1. The highest BCUT2D eigenvalue weighted by molar-refractivity contribution is 6.31. The molecule has 0 aromatic heterocycles. The molecule has 1 aromatic rings. The van der Waals surface area contributed by atoms with Gasteiger partial charge >= 0.3 is 6.03 Å². The van der Waals surface area contributed by atoms with Crippen molar-refractivity contribution in [2.45, 2.75) is 19.4 Å². The van der Waals surface area contributed by atoms with E-state index in [2.05, 4.69) is 5.32 Å². The largest absolute Gasteiger partial charge is 0.491 e. The van der Waals surface area contributed by atoms with Crippen LogP contribution in [0.2, 0.25) is 5.02 Å². The Bertz CT molecular complexity index is 535. The standard InChI is InChI=1S/C14H17ClN2O3/c1-9-8-19-5-3-17(9)14(18)16-12-7-11(15)6-10-2-4-20-13(10)12/h6-7,9H,2-5,8H2,1H3,(H,16,18). The number of fused-ring (bicyclic) bond motifs is 1. The van der Waals surface area contributed by atoms with E-state index in [1.807, 2.05) is 13.0 Å². The smallest absolute Gasteiger partial charge is 0.322 e. The molecule has 2 aliphatic heterocycles. The van der Waals surface area contributed by atoms with Crippen LogP contribution >= 0.6 is 11.6 Å². The van der Waals surface area contributed by atoms with E-state index in [1.165, 1.54) is 0 Å². The lowest BCUT2D eigenvalue weighted by Gasteiger charge is -2.33. The van der Waals surface area contributed by atoms with Crippen molar-refractivity contribution < 1.29 is 14.3 Å². The van der Waals surface area contributed by atoms with Crippen molar-refractivity contribution in [3.8, 4) is 5.75 Å². The molecule has 1 N–H and O–H groups in total. The summed E-state index contributed by atoms with van der Waals surface area (Å²) in [4.78, 5) is 14.1. The summed E-state index contributed by atoms with van der Waals surface area (Å²) in [6.07, 6.45) is 0.826. The summed E-state index contributed by atoms with van der Waals surface area (Å²) < 4.78 is 10.9. The van der Waals surface area contributed by atoms with Crippen LogP contribution < -0.4 is 10.1 Å². The van der Waals surface area contributed by atoms with E-state index in [1.54, 1.807) is 11.0 Å². The molecule has 0 saturated carbocycles. The first-order chi connectivity index (χ1) is 9.65. The second-order valence-corrected chi connectivity index (χ2v) is 5.52. The Kier molecular flexibility index (Phi) is 3.72. The lowest BCUT2D eigenvalue weighted by molar-refractivity contribution is 0.0221. The van der Waals surface area contributed by atoms with Crippen molar-refractivity contribution >= 4 is 23.3 Å². The number of carbonyl (C=O) groups is 1. The Hall–Kier alpha value is -1.46. The molecule has 1 aromatic carbocycles. The number of hydrogen-bond acceptors (Lipinski definition) is 3. The van der Waals surface area contributed by atoms with Crippen LogP contribution in [0.5, 0.6) is 5.75 Å². The van der Waals surface area contributed by atoms with E-state index in [-0.39, 0.29) is 12.1 Å². The SMILES string of the molecule is CC1COCCN1C(=O)Nc1cc(Cl)cc2c1OCC2. The van der Waals surface area contributed by atoms with Crippen LogP contribution in [0.3, 0.4) is 0 Å². The van der Waals surface area contributed by atoms with E-state index in [4.69, 9.17) is 21.1 Å². The molecule has 0 spiro atoms. The number of ether oxygens (including phenoxy) is 2.